The van der Waals surface area contributed by atoms with Crippen molar-refractivity contribution in [1.29, 1.82) is 0 Å². The SMILES string of the molecule is C=CCn1c(=NC(=O)c2ccc(C)cc2)sc2c3ccccc3ccc21. The predicted octanol–water partition coefficient (Wildman–Crippen LogP) is 5.09. The third-order valence-electron chi connectivity index (χ3n) is 4.38. The van der Waals surface area contributed by atoms with Gasteiger partial charge in [0.25, 0.3) is 5.91 Å². The molecule has 0 radical (unpaired) electrons. The maximum Gasteiger partial charge on any atom is 0.279 e. The Labute approximate surface area is 155 Å². The Balaban J connectivity index is 1.94. The molecule has 0 aliphatic heterocycles. The van der Waals surface area contributed by atoms with Gasteiger partial charge in [-0.15, -0.1) is 6.58 Å². The molecule has 0 unspecified atom stereocenters. The van der Waals surface area contributed by atoms with Crippen LogP contribution in [0, 0.1) is 6.92 Å². The molecule has 4 aromatic rings. The summed E-state index contributed by atoms with van der Waals surface area (Å²) in [5.74, 6) is -0.223. The van der Waals surface area contributed by atoms with E-state index < -0.39 is 0 Å². The van der Waals surface area contributed by atoms with Crippen LogP contribution in [0.15, 0.2) is 78.3 Å². The zero-order chi connectivity index (χ0) is 18.1. The minimum atomic E-state index is -0.223. The number of amides is 1. The van der Waals surface area contributed by atoms with Crippen LogP contribution in [-0.2, 0) is 6.54 Å². The second-order valence-corrected chi connectivity index (χ2v) is 7.18. The second kappa shape index (κ2) is 6.73. The van der Waals surface area contributed by atoms with Gasteiger partial charge in [-0.2, -0.15) is 4.99 Å². The third kappa shape index (κ3) is 2.89. The third-order valence-corrected chi connectivity index (χ3v) is 5.51. The van der Waals surface area contributed by atoms with Gasteiger partial charge in [0.1, 0.15) is 0 Å². The van der Waals surface area contributed by atoms with Gasteiger partial charge in [0.15, 0.2) is 4.80 Å². The summed E-state index contributed by atoms with van der Waals surface area (Å²) in [5, 5.41) is 2.36. The Hall–Kier alpha value is -2.98. The second-order valence-electron chi connectivity index (χ2n) is 6.20. The number of hydrogen-bond acceptors (Lipinski definition) is 2. The molecular formula is C22H18N2OS. The number of thiazole rings is 1. The van der Waals surface area contributed by atoms with Gasteiger partial charge in [-0.05, 0) is 30.5 Å². The van der Waals surface area contributed by atoms with Crippen LogP contribution >= 0.6 is 11.3 Å². The number of rotatable bonds is 3. The molecule has 1 aromatic heterocycles. The summed E-state index contributed by atoms with van der Waals surface area (Å²) < 4.78 is 3.19. The van der Waals surface area contributed by atoms with Crippen molar-refractivity contribution in [3.63, 3.8) is 0 Å². The van der Waals surface area contributed by atoms with Crippen molar-refractivity contribution in [3.8, 4) is 0 Å². The molecule has 1 amide bonds. The van der Waals surface area contributed by atoms with E-state index in [9.17, 15) is 4.79 Å². The van der Waals surface area contributed by atoms with Gasteiger partial charge in [-0.25, -0.2) is 0 Å². The summed E-state index contributed by atoms with van der Waals surface area (Å²) in [6.45, 7) is 6.46. The topological polar surface area (TPSA) is 34.4 Å². The van der Waals surface area contributed by atoms with E-state index in [1.165, 1.54) is 10.8 Å². The first-order valence-corrected chi connectivity index (χ1v) is 9.27. The molecule has 0 spiro atoms. The molecule has 128 valence electrons. The highest BCUT2D eigenvalue weighted by atomic mass is 32.1. The van der Waals surface area contributed by atoms with Gasteiger partial charge in [0.2, 0.25) is 0 Å². The van der Waals surface area contributed by atoms with Gasteiger partial charge in [0, 0.05) is 17.5 Å². The van der Waals surface area contributed by atoms with Gasteiger partial charge in [0.05, 0.1) is 10.2 Å². The normalized spacial score (nSPS) is 12.0. The number of carbonyl (C=O) groups is 1. The quantitative estimate of drug-likeness (QED) is 0.470. The standard InChI is InChI=1S/C22H18N2OS/c1-3-14-24-19-13-12-16-6-4-5-7-18(16)20(19)26-22(24)23-21(25)17-10-8-15(2)9-11-17/h3-13H,1,14H2,2H3. The lowest BCUT2D eigenvalue weighted by Gasteiger charge is -2.03. The number of hydrogen-bond donors (Lipinski definition) is 0. The number of aromatic nitrogens is 1. The van der Waals surface area contributed by atoms with Crippen LogP contribution in [0.5, 0.6) is 0 Å². The highest BCUT2D eigenvalue weighted by Gasteiger charge is 2.11. The molecule has 1 heterocycles. The highest BCUT2D eigenvalue weighted by molar-refractivity contribution is 7.17. The van der Waals surface area contributed by atoms with Crippen LogP contribution in [0.1, 0.15) is 15.9 Å². The van der Waals surface area contributed by atoms with Crippen molar-refractivity contribution in [1.82, 2.24) is 4.57 Å². The first-order chi connectivity index (χ1) is 12.7. The van der Waals surface area contributed by atoms with E-state index >= 15 is 0 Å². The van der Waals surface area contributed by atoms with E-state index in [4.69, 9.17) is 0 Å². The van der Waals surface area contributed by atoms with Crippen molar-refractivity contribution in [2.24, 2.45) is 4.99 Å². The fraction of sp³-hybridized carbons (Fsp3) is 0.0909. The number of aryl methyl sites for hydroxylation is 1. The van der Waals surface area contributed by atoms with Gasteiger partial charge >= 0.3 is 0 Å². The largest absolute Gasteiger partial charge is 0.312 e. The minimum absolute atomic E-state index is 0.223. The summed E-state index contributed by atoms with van der Waals surface area (Å²) >= 11 is 1.55. The summed E-state index contributed by atoms with van der Waals surface area (Å²) in [7, 11) is 0. The maximum absolute atomic E-state index is 12.6. The molecule has 3 aromatic carbocycles. The van der Waals surface area contributed by atoms with Gasteiger partial charge in [-0.1, -0.05) is 65.4 Å². The fourth-order valence-corrected chi connectivity index (χ4v) is 4.21. The van der Waals surface area contributed by atoms with Crippen molar-refractivity contribution in [3.05, 3.63) is 89.2 Å². The molecule has 26 heavy (non-hydrogen) atoms. The zero-order valence-corrected chi connectivity index (χ0v) is 15.3. The summed E-state index contributed by atoms with van der Waals surface area (Å²) in [5.41, 5.74) is 2.80. The average molecular weight is 358 g/mol. The van der Waals surface area contributed by atoms with E-state index in [1.807, 2.05) is 54.0 Å². The van der Waals surface area contributed by atoms with Crippen LogP contribution in [0.3, 0.4) is 0 Å². The lowest BCUT2D eigenvalue weighted by molar-refractivity contribution is 0.0998. The fourth-order valence-electron chi connectivity index (χ4n) is 3.04. The number of carbonyl (C=O) groups excluding carboxylic acids is 1. The number of fused-ring (bicyclic) bond motifs is 3. The monoisotopic (exact) mass is 358 g/mol. The molecule has 0 N–H and O–H groups in total. The summed E-state index contributed by atoms with van der Waals surface area (Å²) in [6.07, 6.45) is 1.83. The summed E-state index contributed by atoms with van der Waals surface area (Å²) in [6, 6.07) is 20.0. The van der Waals surface area contributed by atoms with Gasteiger partial charge < -0.3 is 4.57 Å². The zero-order valence-electron chi connectivity index (χ0n) is 14.5. The predicted molar refractivity (Wildman–Crippen MR) is 109 cm³/mol. The van der Waals surface area contributed by atoms with Crippen LogP contribution in [0.4, 0.5) is 0 Å². The molecule has 4 rings (SSSR count). The first-order valence-electron chi connectivity index (χ1n) is 8.45. The number of nitrogens with zero attached hydrogens (tertiary/aromatic N) is 2. The van der Waals surface area contributed by atoms with Crippen LogP contribution in [0.2, 0.25) is 0 Å². The number of benzene rings is 3. The molecule has 0 aliphatic carbocycles. The van der Waals surface area contributed by atoms with Gasteiger partial charge in [-0.3, -0.25) is 4.79 Å². The van der Waals surface area contributed by atoms with Crippen molar-refractivity contribution < 1.29 is 4.79 Å². The van der Waals surface area contributed by atoms with E-state index in [2.05, 4.69) is 35.8 Å². The number of allylic oxidation sites excluding steroid dienone is 1. The molecule has 3 nitrogen and oxygen atoms in total. The Morgan fingerprint density at radius 2 is 1.88 bits per heavy atom. The van der Waals surface area contributed by atoms with Crippen molar-refractivity contribution in [2.75, 3.05) is 0 Å². The maximum atomic E-state index is 12.6. The Morgan fingerprint density at radius 1 is 1.12 bits per heavy atom. The van der Waals surface area contributed by atoms with Crippen LogP contribution in [-0.4, -0.2) is 10.5 Å². The molecule has 0 fully saturated rings. The van der Waals surface area contributed by atoms with E-state index in [-0.39, 0.29) is 5.91 Å². The van der Waals surface area contributed by atoms with Crippen molar-refractivity contribution in [2.45, 2.75) is 13.5 Å². The Bertz CT molecular complexity index is 1200. The molecule has 0 bridgehead atoms. The lowest BCUT2D eigenvalue weighted by Crippen LogP contribution is -2.16. The van der Waals surface area contributed by atoms with E-state index in [1.54, 1.807) is 11.3 Å². The highest BCUT2D eigenvalue weighted by Crippen LogP contribution is 2.27. The molecule has 0 aliphatic rings. The lowest BCUT2D eigenvalue weighted by atomic mass is 10.1. The Kier molecular flexibility index (Phi) is 4.27. The smallest absolute Gasteiger partial charge is 0.279 e. The van der Waals surface area contributed by atoms with Crippen molar-refractivity contribution >= 4 is 38.2 Å². The average Bonchev–Trinajstić information content (AvgIpc) is 3.00. The molecule has 4 heteroatoms. The Morgan fingerprint density at radius 3 is 2.65 bits per heavy atom. The molecular weight excluding hydrogens is 340 g/mol. The molecule has 0 atom stereocenters. The molecule has 0 saturated heterocycles. The van der Waals surface area contributed by atoms with E-state index in [0.717, 1.165) is 15.8 Å². The minimum Gasteiger partial charge on any atom is -0.312 e. The summed E-state index contributed by atoms with van der Waals surface area (Å²) in [4.78, 5) is 17.7. The van der Waals surface area contributed by atoms with Crippen LogP contribution in [0.25, 0.3) is 21.0 Å². The van der Waals surface area contributed by atoms with E-state index in [0.29, 0.717) is 16.9 Å². The first kappa shape index (κ1) is 16.5. The van der Waals surface area contributed by atoms with Crippen LogP contribution < -0.4 is 4.80 Å². The molecule has 0 saturated carbocycles.